The zero-order valence-electron chi connectivity index (χ0n) is 16.9. The molecule has 0 aliphatic carbocycles. The Balaban J connectivity index is 1.84. The van der Waals surface area contributed by atoms with Crippen molar-refractivity contribution < 1.29 is 14.4 Å². The molecule has 0 spiro atoms. The van der Waals surface area contributed by atoms with E-state index in [1.54, 1.807) is 11.8 Å². The summed E-state index contributed by atoms with van der Waals surface area (Å²) < 4.78 is 0. The van der Waals surface area contributed by atoms with E-state index < -0.39 is 5.41 Å². The van der Waals surface area contributed by atoms with Crippen LogP contribution in [0, 0.1) is 5.41 Å². The lowest BCUT2D eigenvalue weighted by Crippen LogP contribution is -2.48. The number of urea groups is 1. The third kappa shape index (κ3) is 3.98. The summed E-state index contributed by atoms with van der Waals surface area (Å²) in [5.41, 5.74) is 0.0783. The Morgan fingerprint density at radius 2 is 1.75 bits per heavy atom. The molecule has 0 unspecified atom stereocenters. The number of rotatable bonds is 3. The smallest absolute Gasteiger partial charge is 0.317 e. The molecule has 152 valence electrons. The lowest BCUT2D eigenvalue weighted by molar-refractivity contribution is -0.133. The van der Waals surface area contributed by atoms with Crippen molar-refractivity contribution in [3.63, 3.8) is 0 Å². The number of carbonyl (C=O) groups excluding carboxylic acids is 3. The lowest BCUT2D eigenvalue weighted by atomic mass is 9.75. The molecule has 1 aromatic rings. The van der Waals surface area contributed by atoms with Crippen LogP contribution < -0.4 is 10.6 Å². The van der Waals surface area contributed by atoms with Crippen LogP contribution in [0.1, 0.15) is 40.0 Å². The minimum Gasteiger partial charge on any atom is -0.339 e. The van der Waals surface area contributed by atoms with Crippen LogP contribution in [0.25, 0.3) is 0 Å². The van der Waals surface area contributed by atoms with E-state index in [2.05, 4.69) is 10.6 Å². The molecule has 7 heteroatoms. The van der Waals surface area contributed by atoms with Gasteiger partial charge in [-0.2, -0.15) is 0 Å². The monoisotopic (exact) mass is 386 g/mol. The van der Waals surface area contributed by atoms with Gasteiger partial charge >= 0.3 is 6.03 Å². The van der Waals surface area contributed by atoms with Crippen LogP contribution in [-0.4, -0.2) is 59.4 Å². The van der Waals surface area contributed by atoms with Crippen molar-refractivity contribution >= 4 is 23.5 Å². The maximum Gasteiger partial charge on any atom is 0.317 e. The molecule has 2 N–H and O–H groups in total. The highest BCUT2D eigenvalue weighted by molar-refractivity contribution is 5.97. The summed E-state index contributed by atoms with van der Waals surface area (Å²) in [6, 6.07) is 9.15. The van der Waals surface area contributed by atoms with Crippen molar-refractivity contribution in [2.24, 2.45) is 5.41 Å². The molecule has 3 rings (SSSR count). The zero-order chi connectivity index (χ0) is 20.3. The highest BCUT2D eigenvalue weighted by Gasteiger charge is 2.54. The second-order valence-electron chi connectivity index (χ2n) is 8.08. The normalized spacial score (nSPS) is 24.5. The molecule has 28 heavy (non-hydrogen) atoms. The van der Waals surface area contributed by atoms with Gasteiger partial charge in [0.2, 0.25) is 11.8 Å². The summed E-state index contributed by atoms with van der Waals surface area (Å²) in [6.07, 6.45) is 1.77. The summed E-state index contributed by atoms with van der Waals surface area (Å²) in [6.45, 7) is 7.03. The predicted octanol–water partition coefficient (Wildman–Crippen LogP) is 2.45. The summed E-state index contributed by atoms with van der Waals surface area (Å²) in [5, 5.41) is 5.97. The average molecular weight is 386 g/mol. The van der Waals surface area contributed by atoms with Gasteiger partial charge in [0.05, 0.1) is 5.41 Å². The fourth-order valence-electron chi connectivity index (χ4n) is 4.46. The topological polar surface area (TPSA) is 81.8 Å². The summed E-state index contributed by atoms with van der Waals surface area (Å²) in [5.74, 6) is -0.0713. The Hall–Kier alpha value is -2.57. The van der Waals surface area contributed by atoms with Crippen molar-refractivity contribution in [3.05, 3.63) is 30.3 Å². The number of hydrogen-bond donors (Lipinski definition) is 2. The molecule has 7 nitrogen and oxygen atoms in total. The third-order valence-corrected chi connectivity index (χ3v) is 5.90. The molecular formula is C21H30N4O3. The molecule has 2 saturated heterocycles. The third-order valence-electron chi connectivity index (χ3n) is 5.90. The number of nitrogens with one attached hydrogen (secondary N) is 2. The van der Waals surface area contributed by atoms with Crippen LogP contribution in [0.2, 0.25) is 0 Å². The van der Waals surface area contributed by atoms with E-state index in [0.717, 1.165) is 5.69 Å². The Bertz CT molecular complexity index is 736. The molecule has 1 aromatic carbocycles. The maximum atomic E-state index is 13.4. The Morgan fingerprint density at radius 1 is 1.07 bits per heavy atom. The van der Waals surface area contributed by atoms with Gasteiger partial charge in [0.15, 0.2) is 0 Å². The van der Waals surface area contributed by atoms with Crippen molar-refractivity contribution in [2.45, 2.75) is 52.1 Å². The van der Waals surface area contributed by atoms with Crippen molar-refractivity contribution in [1.29, 1.82) is 0 Å². The fraction of sp³-hybridized carbons (Fsp3) is 0.571. The van der Waals surface area contributed by atoms with Crippen LogP contribution in [0.4, 0.5) is 10.5 Å². The van der Waals surface area contributed by atoms with E-state index >= 15 is 0 Å². The van der Waals surface area contributed by atoms with Crippen LogP contribution in [0.15, 0.2) is 30.3 Å². The summed E-state index contributed by atoms with van der Waals surface area (Å²) >= 11 is 0. The van der Waals surface area contributed by atoms with Crippen LogP contribution in [0.5, 0.6) is 0 Å². The number of anilines is 1. The number of carbonyl (C=O) groups is 3. The van der Waals surface area contributed by atoms with Crippen molar-refractivity contribution in [2.75, 3.05) is 25.0 Å². The molecule has 0 radical (unpaired) electrons. The molecule has 4 amide bonds. The molecule has 2 aliphatic heterocycles. The summed E-state index contributed by atoms with van der Waals surface area (Å²) in [4.78, 5) is 41.7. The number of hydrogen-bond acceptors (Lipinski definition) is 3. The quantitative estimate of drug-likeness (QED) is 0.837. The van der Waals surface area contributed by atoms with Gasteiger partial charge in [0.1, 0.15) is 0 Å². The summed E-state index contributed by atoms with van der Waals surface area (Å²) in [7, 11) is 0. The number of fused-ring (bicyclic) bond motifs is 1. The van der Waals surface area contributed by atoms with Crippen LogP contribution in [0.3, 0.4) is 0 Å². The average Bonchev–Trinajstić information content (AvgIpc) is 2.91. The van der Waals surface area contributed by atoms with Gasteiger partial charge in [-0.15, -0.1) is 0 Å². The van der Waals surface area contributed by atoms with E-state index in [1.165, 1.54) is 0 Å². The lowest BCUT2D eigenvalue weighted by Gasteiger charge is -2.35. The van der Waals surface area contributed by atoms with Crippen LogP contribution >= 0.6 is 0 Å². The second-order valence-corrected chi connectivity index (χ2v) is 8.08. The van der Waals surface area contributed by atoms with E-state index in [9.17, 15) is 14.4 Å². The van der Waals surface area contributed by atoms with Crippen molar-refractivity contribution in [3.8, 4) is 0 Å². The van der Waals surface area contributed by atoms with Gasteiger partial charge in [-0.1, -0.05) is 18.2 Å². The largest absolute Gasteiger partial charge is 0.339 e. The first-order chi connectivity index (χ1) is 13.3. The first kappa shape index (κ1) is 20.2. The molecule has 2 heterocycles. The molecule has 2 fully saturated rings. The minimum absolute atomic E-state index is 0.0144. The Morgan fingerprint density at radius 3 is 2.39 bits per heavy atom. The fourth-order valence-corrected chi connectivity index (χ4v) is 4.46. The zero-order valence-corrected chi connectivity index (χ0v) is 16.9. The van der Waals surface area contributed by atoms with Gasteiger partial charge in [-0.25, -0.2) is 4.79 Å². The second kappa shape index (κ2) is 8.20. The number of para-hydroxylation sites is 1. The number of amides is 4. The Kier molecular flexibility index (Phi) is 5.91. The minimum atomic E-state index is -0.672. The first-order valence-corrected chi connectivity index (χ1v) is 10.0. The van der Waals surface area contributed by atoms with Gasteiger partial charge in [0, 0.05) is 44.3 Å². The molecule has 2 aliphatic rings. The highest BCUT2D eigenvalue weighted by Crippen LogP contribution is 2.44. The van der Waals surface area contributed by atoms with Gasteiger partial charge < -0.3 is 20.4 Å². The predicted molar refractivity (Wildman–Crippen MR) is 108 cm³/mol. The molecule has 0 aromatic heterocycles. The SMILES string of the molecule is CC(=O)N1CC[C@]2(C(=O)Nc3ccccc3)CCN(C(=O)NC(C)C)CC[C@H]12. The highest BCUT2D eigenvalue weighted by atomic mass is 16.2. The van der Waals surface area contributed by atoms with Gasteiger partial charge in [-0.3, -0.25) is 9.59 Å². The van der Waals surface area contributed by atoms with Crippen molar-refractivity contribution in [1.82, 2.24) is 15.1 Å². The van der Waals surface area contributed by atoms with E-state index in [0.29, 0.717) is 38.9 Å². The van der Waals surface area contributed by atoms with Crippen LogP contribution in [-0.2, 0) is 9.59 Å². The van der Waals surface area contributed by atoms with E-state index in [4.69, 9.17) is 0 Å². The van der Waals surface area contributed by atoms with Gasteiger partial charge in [0.25, 0.3) is 0 Å². The van der Waals surface area contributed by atoms with E-state index in [1.807, 2.05) is 49.1 Å². The molecule has 0 bridgehead atoms. The standard InChI is InChI=1S/C21H30N4O3/c1-15(2)22-20(28)24-12-9-18-21(10-13-24,11-14-25(18)16(3)26)19(27)23-17-7-5-4-6-8-17/h4-8,15,18H,9-14H2,1-3H3,(H,22,28)(H,23,27)/t18-,21+/m0/s1. The van der Waals surface area contributed by atoms with E-state index in [-0.39, 0.29) is 29.9 Å². The Labute approximate surface area is 166 Å². The van der Waals surface area contributed by atoms with Gasteiger partial charge in [-0.05, 0) is 45.2 Å². The molecule has 2 atom stereocenters. The number of likely N-dealkylation sites (tertiary alicyclic amines) is 2. The number of benzene rings is 1. The maximum absolute atomic E-state index is 13.4. The molecular weight excluding hydrogens is 356 g/mol. The first-order valence-electron chi connectivity index (χ1n) is 10.0. The number of nitrogens with zero attached hydrogens (tertiary/aromatic N) is 2. The molecule has 0 saturated carbocycles.